The molecule has 20 heavy (non-hydrogen) atoms. The van der Waals surface area contributed by atoms with E-state index >= 15 is 0 Å². The quantitative estimate of drug-likeness (QED) is 0.907. The number of hydrogen-bond donors (Lipinski definition) is 1. The predicted octanol–water partition coefficient (Wildman–Crippen LogP) is 1.57. The molecule has 0 aromatic heterocycles. The van der Waals surface area contributed by atoms with E-state index < -0.39 is 5.91 Å². The molecule has 1 saturated heterocycles. The van der Waals surface area contributed by atoms with Gasteiger partial charge in [-0.25, -0.2) is 0 Å². The van der Waals surface area contributed by atoms with Crippen molar-refractivity contribution in [3.05, 3.63) is 29.8 Å². The van der Waals surface area contributed by atoms with Gasteiger partial charge >= 0.3 is 0 Å². The normalized spacial score (nSPS) is 18.6. The molecule has 5 heteroatoms. The summed E-state index contributed by atoms with van der Waals surface area (Å²) < 4.78 is 5.47. The van der Waals surface area contributed by atoms with Crippen molar-refractivity contribution < 1.29 is 14.3 Å². The van der Waals surface area contributed by atoms with Crippen LogP contribution >= 0.6 is 0 Å². The van der Waals surface area contributed by atoms with Gasteiger partial charge in [0.25, 0.3) is 11.8 Å². The van der Waals surface area contributed by atoms with Crippen LogP contribution in [0.4, 0.5) is 0 Å². The molecule has 108 valence electrons. The smallest absolute Gasteiger partial charge is 0.260 e. The molecule has 0 spiro atoms. The Morgan fingerprint density at radius 1 is 1.35 bits per heavy atom. The fourth-order valence-corrected chi connectivity index (χ4v) is 2.49. The SMILES string of the molecule is C[C@@H]1CCCCN1C(=O)COc1ccccc1C(N)=O. The van der Waals surface area contributed by atoms with Gasteiger partial charge in [0, 0.05) is 12.6 Å². The van der Waals surface area contributed by atoms with E-state index in [4.69, 9.17) is 10.5 Å². The average molecular weight is 276 g/mol. The summed E-state index contributed by atoms with van der Waals surface area (Å²) in [7, 11) is 0. The summed E-state index contributed by atoms with van der Waals surface area (Å²) >= 11 is 0. The van der Waals surface area contributed by atoms with Crippen molar-refractivity contribution in [1.82, 2.24) is 4.90 Å². The minimum Gasteiger partial charge on any atom is -0.483 e. The molecular formula is C15H20N2O3. The first-order chi connectivity index (χ1) is 9.59. The Balaban J connectivity index is 1.98. The van der Waals surface area contributed by atoms with Gasteiger partial charge in [-0.05, 0) is 38.3 Å². The molecule has 1 aromatic carbocycles. The highest BCUT2D eigenvalue weighted by molar-refractivity contribution is 5.95. The highest BCUT2D eigenvalue weighted by atomic mass is 16.5. The number of carbonyl (C=O) groups is 2. The number of nitrogens with two attached hydrogens (primary N) is 1. The van der Waals surface area contributed by atoms with E-state index in [2.05, 4.69) is 6.92 Å². The van der Waals surface area contributed by atoms with Crippen molar-refractivity contribution in [2.45, 2.75) is 32.2 Å². The van der Waals surface area contributed by atoms with Crippen LogP contribution in [-0.4, -0.2) is 35.9 Å². The number of likely N-dealkylation sites (tertiary alicyclic amines) is 1. The van der Waals surface area contributed by atoms with Crippen molar-refractivity contribution in [3.8, 4) is 5.75 Å². The molecule has 1 aromatic rings. The van der Waals surface area contributed by atoms with Crippen molar-refractivity contribution in [2.24, 2.45) is 5.73 Å². The molecule has 1 aliphatic rings. The second-order valence-electron chi connectivity index (χ2n) is 5.08. The lowest BCUT2D eigenvalue weighted by molar-refractivity contribution is -0.136. The number of hydrogen-bond acceptors (Lipinski definition) is 3. The van der Waals surface area contributed by atoms with Gasteiger partial charge in [0.15, 0.2) is 6.61 Å². The fourth-order valence-electron chi connectivity index (χ4n) is 2.49. The van der Waals surface area contributed by atoms with Crippen LogP contribution in [0.3, 0.4) is 0 Å². The maximum atomic E-state index is 12.1. The summed E-state index contributed by atoms with van der Waals surface area (Å²) in [5, 5.41) is 0. The molecule has 1 fully saturated rings. The van der Waals surface area contributed by atoms with Crippen LogP contribution in [0.2, 0.25) is 0 Å². The Morgan fingerprint density at radius 3 is 2.80 bits per heavy atom. The lowest BCUT2D eigenvalue weighted by Gasteiger charge is -2.33. The van der Waals surface area contributed by atoms with Crippen molar-refractivity contribution in [3.63, 3.8) is 0 Å². The average Bonchev–Trinajstić information content (AvgIpc) is 2.45. The monoisotopic (exact) mass is 276 g/mol. The third-order valence-corrected chi connectivity index (χ3v) is 3.63. The van der Waals surface area contributed by atoms with Gasteiger partial charge in [-0.1, -0.05) is 12.1 Å². The summed E-state index contributed by atoms with van der Waals surface area (Å²) in [4.78, 5) is 25.3. The minimum atomic E-state index is -0.556. The van der Waals surface area contributed by atoms with Gasteiger partial charge < -0.3 is 15.4 Å². The van der Waals surface area contributed by atoms with E-state index in [0.717, 1.165) is 25.8 Å². The van der Waals surface area contributed by atoms with Crippen LogP contribution in [0.1, 0.15) is 36.5 Å². The number of nitrogens with zero attached hydrogens (tertiary/aromatic N) is 1. The lowest BCUT2D eigenvalue weighted by Crippen LogP contribution is -2.44. The van der Waals surface area contributed by atoms with Gasteiger partial charge in [-0.3, -0.25) is 9.59 Å². The molecular weight excluding hydrogens is 256 g/mol. The number of para-hydroxylation sites is 1. The first-order valence-corrected chi connectivity index (χ1v) is 6.90. The molecule has 5 nitrogen and oxygen atoms in total. The van der Waals surface area contributed by atoms with Gasteiger partial charge in [0.05, 0.1) is 5.56 Å². The molecule has 1 atom stereocenters. The zero-order valence-corrected chi connectivity index (χ0v) is 11.7. The van der Waals surface area contributed by atoms with Gasteiger partial charge in [0.2, 0.25) is 0 Å². The summed E-state index contributed by atoms with van der Waals surface area (Å²) in [5.41, 5.74) is 5.57. The first kappa shape index (κ1) is 14.4. The Bertz CT molecular complexity index is 502. The van der Waals surface area contributed by atoms with Gasteiger partial charge in [-0.2, -0.15) is 0 Å². The van der Waals surface area contributed by atoms with E-state index in [0.29, 0.717) is 11.3 Å². The molecule has 0 radical (unpaired) electrons. The van der Waals surface area contributed by atoms with E-state index in [1.165, 1.54) is 0 Å². The minimum absolute atomic E-state index is 0.0449. The number of primary amides is 1. The number of benzene rings is 1. The van der Waals surface area contributed by atoms with E-state index in [1.807, 2.05) is 4.90 Å². The predicted molar refractivity (Wildman–Crippen MR) is 75.5 cm³/mol. The standard InChI is InChI=1S/C15H20N2O3/c1-11-6-4-5-9-17(11)14(18)10-20-13-8-3-2-7-12(13)15(16)19/h2-3,7-8,11H,4-6,9-10H2,1H3,(H2,16,19)/t11-/m1/s1. The Kier molecular flexibility index (Phi) is 4.61. The Hall–Kier alpha value is -2.04. The third-order valence-electron chi connectivity index (χ3n) is 3.63. The van der Waals surface area contributed by atoms with Crippen LogP contribution < -0.4 is 10.5 Å². The molecule has 2 rings (SSSR count). The van der Waals surface area contributed by atoms with E-state index in [9.17, 15) is 9.59 Å². The van der Waals surface area contributed by atoms with E-state index in [-0.39, 0.29) is 18.6 Å². The van der Waals surface area contributed by atoms with Gasteiger partial charge in [-0.15, -0.1) is 0 Å². The van der Waals surface area contributed by atoms with Crippen LogP contribution in [0.25, 0.3) is 0 Å². The molecule has 0 aliphatic carbocycles. The van der Waals surface area contributed by atoms with E-state index in [1.54, 1.807) is 24.3 Å². The molecule has 0 saturated carbocycles. The Morgan fingerprint density at radius 2 is 2.10 bits per heavy atom. The second kappa shape index (κ2) is 6.41. The zero-order chi connectivity index (χ0) is 14.5. The second-order valence-corrected chi connectivity index (χ2v) is 5.08. The topological polar surface area (TPSA) is 72.6 Å². The van der Waals surface area contributed by atoms with Crippen molar-refractivity contribution in [2.75, 3.05) is 13.2 Å². The van der Waals surface area contributed by atoms with Crippen molar-refractivity contribution in [1.29, 1.82) is 0 Å². The molecule has 2 amide bonds. The number of rotatable bonds is 4. The molecule has 1 aliphatic heterocycles. The summed E-state index contributed by atoms with van der Waals surface area (Å²) in [5.74, 6) is -0.242. The fraction of sp³-hybridized carbons (Fsp3) is 0.467. The third kappa shape index (κ3) is 3.29. The molecule has 1 heterocycles. The maximum Gasteiger partial charge on any atom is 0.260 e. The van der Waals surface area contributed by atoms with Crippen LogP contribution in [0, 0.1) is 0 Å². The number of carbonyl (C=O) groups excluding carboxylic acids is 2. The first-order valence-electron chi connectivity index (χ1n) is 6.90. The number of piperidine rings is 1. The summed E-state index contributed by atoms with van der Waals surface area (Å²) in [6, 6.07) is 6.95. The zero-order valence-electron chi connectivity index (χ0n) is 11.7. The lowest BCUT2D eigenvalue weighted by atomic mass is 10.0. The Labute approximate surface area is 118 Å². The summed E-state index contributed by atoms with van der Waals surface area (Å²) in [6.45, 7) is 2.77. The maximum absolute atomic E-state index is 12.1. The van der Waals surface area contributed by atoms with Crippen molar-refractivity contribution >= 4 is 11.8 Å². The molecule has 2 N–H and O–H groups in total. The number of amides is 2. The van der Waals surface area contributed by atoms with Gasteiger partial charge in [0.1, 0.15) is 5.75 Å². The van der Waals surface area contributed by atoms with Crippen LogP contribution in [0.5, 0.6) is 5.75 Å². The molecule has 0 unspecified atom stereocenters. The molecule has 0 bridgehead atoms. The van der Waals surface area contributed by atoms with Crippen LogP contribution in [0.15, 0.2) is 24.3 Å². The van der Waals surface area contributed by atoms with Crippen LogP contribution in [-0.2, 0) is 4.79 Å². The highest BCUT2D eigenvalue weighted by Gasteiger charge is 2.23. The highest BCUT2D eigenvalue weighted by Crippen LogP contribution is 2.19. The largest absolute Gasteiger partial charge is 0.483 e. The number of ether oxygens (including phenoxy) is 1. The summed E-state index contributed by atoms with van der Waals surface area (Å²) in [6.07, 6.45) is 3.23.